The highest BCUT2D eigenvalue weighted by Gasteiger charge is 2.34. The van der Waals surface area contributed by atoms with Crippen LogP contribution in [0, 0.1) is 5.92 Å². The fourth-order valence-corrected chi connectivity index (χ4v) is 2.79. The Kier molecular flexibility index (Phi) is 4.38. The number of ether oxygens (including phenoxy) is 1. The van der Waals surface area contributed by atoms with Gasteiger partial charge in [0.05, 0.1) is 6.61 Å². The molecule has 1 unspecified atom stereocenters. The smallest absolute Gasteiger partial charge is 0.317 e. The van der Waals surface area contributed by atoms with E-state index in [1.165, 1.54) is 0 Å². The molecule has 0 fully saturated rings. The van der Waals surface area contributed by atoms with Crippen molar-refractivity contribution in [3.63, 3.8) is 0 Å². The predicted molar refractivity (Wildman–Crippen MR) is 89.0 cm³/mol. The van der Waals surface area contributed by atoms with E-state index >= 15 is 4.39 Å². The molecule has 0 amide bonds. The molecule has 0 spiro atoms. The SMILES string of the molecule is CCOC(=O)C1C=C(c2ccccc2)C(F)=C1c1ccccc1. The third-order valence-corrected chi connectivity index (χ3v) is 3.83. The minimum atomic E-state index is -0.715. The van der Waals surface area contributed by atoms with Crippen LogP contribution in [0.25, 0.3) is 11.1 Å². The topological polar surface area (TPSA) is 26.3 Å². The fourth-order valence-electron chi connectivity index (χ4n) is 2.79. The molecule has 1 aliphatic rings. The molecular weight excluding hydrogens is 291 g/mol. The lowest BCUT2D eigenvalue weighted by Crippen LogP contribution is -2.16. The molecule has 0 saturated carbocycles. The molecule has 1 aliphatic carbocycles. The average molecular weight is 308 g/mol. The van der Waals surface area contributed by atoms with E-state index in [1.807, 2.05) is 60.7 Å². The summed E-state index contributed by atoms with van der Waals surface area (Å²) in [5, 5.41) is 0. The van der Waals surface area contributed by atoms with Crippen LogP contribution in [0.4, 0.5) is 4.39 Å². The Morgan fingerprint density at radius 1 is 1.00 bits per heavy atom. The zero-order valence-corrected chi connectivity index (χ0v) is 12.8. The highest BCUT2D eigenvalue weighted by molar-refractivity contribution is 6.03. The number of benzene rings is 2. The molecule has 3 rings (SSSR count). The summed E-state index contributed by atoms with van der Waals surface area (Å²) in [6, 6.07) is 18.4. The van der Waals surface area contributed by atoms with E-state index in [0.717, 1.165) is 5.56 Å². The van der Waals surface area contributed by atoms with Gasteiger partial charge < -0.3 is 4.74 Å². The number of halogens is 1. The van der Waals surface area contributed by atoms with Crippen molar-refractivity contribution in [2.45, 2.75) is 6.92 Å². The van der Waals surface area contributed by atoms with Crippen LogP contribution in [0.5, 0.6) is 0 Å². The highest BCUT2D eigenvalue weighted by Crippen LogP contribution is 2.43. The first kappa shape index (κ1) is 15.2. The lowest BCUT2D eigenvalue weighted by molar-refractivity contribution is -0.144. The number of carbonyl (C=O) groups excluding carboxylic acids is 1. The van der Waals surface area contributed by atoms with Gasteiger partial charge in [-0.1, -0.05) is 66.7 Å². The largest absolute Gasteiger partial charge is 0.465 e. The molecule has 0 saturated heterocycles. The van der Waals surface area contributed by atoms with E-state index in [0.29, 0.717) is 16.7 Å². The van der Waals surface area contributed by atoms with Crippen molar-refractivity contribution in [3.8, 4) is 0 Å². The minimum Gasteiger partial charge on any atom is -0.465 e. The molecule has 0 heterocycles. The Hall–Kier alpha value is -2.68. The van der Waals surface area contributed by atoms with E-state index in [4.69, 9.17) is 4.74 Å². The normalized spacial score (nSPS) is 17.1. The summed E-state index contributed by atoms with van der Waals surface area (Å²) in [6.45, 7) is 2.02. The second-order valence-corrected chi connectivity index (χ2v) is 5.27. The molecule has 0 bridgehead atoms. The third kappa shape index (κ3) is 2.95. The minimum absolute atomic E-state index is 0.271. The van der Waals surface area contributed by atoms with Crippen molar-refractivity contribution in [1.29, 1.82) is 0 Å². The zero-order valence-electron chi connectivity index (χ0n) is 12.8. The van der Waals surface area contributed by atoms with Gasteiger partial charge in [0.2, 0.25) is 0 Å². The van der Waals surface area contributed by atoms with Crippen molar-refractivity contribution < 1.29 is 13.9 Å². The standard InChI is InChI=1S/C20H17FO2/c1-2-23-20(22)17-13-16(14-9-5-3-6-10-14)19(21)18(17)15-11-7-4-8-12-15/h3-13,17H,2H2,1H3. The third-order valence-electron chi connectivity index (χ3n) is 3.83. The summed E-state index contributed by atoms with van der Waals surface area (Å²) in [4.78, 5) is 12.3. The Labute approximate surface area is 134 Å². The van der Waals surface area contributed by atoms with Crippen LogP contribution in [0.3, 0.4) is 0 Å². The van der Waals surface area contributed by atoms with E-state index in [-0.39, 0.29) is 12.4 Å². The quantitative estimate of drug-likeness (QED) is 0.769. The molecule has 1 atom stereocenters. The molecule has 0 aliphatic heterocycles. The van der Waals surface area contributed by atoms with Crippen molar-refractivity contribution in [2.24, 2.45) is 5.92 Å². The molecule has 116 valence electrons. The van der Waals surface area contributed by atoms with E-state index in [9.17, 15) is 4.79 Å². The highest BCUT2D eigenvalue weighted by atomic mass is 19.1. The Bertz CT molecular complexity index is 761. The van der Waals surface area contributed by atoms with Gasteiger partial charge in [0.15, 0.2) is 0 Å². The molecule has 0 radical (unpaired) electrons. The lowest BCUT2D eigenvalue weighted by atomic mass is 9.95. The van der Waals surface area contributed by atoms with Crippen molar-refractivity contribution >= 4 is 17.1 Å². The molecule has 2 aromatic rings. The number of carbonyl (C=O) groups is 1. The van der Waals surface area contributed by atoms with E-state index in [1.54, 1.807) is 13.0 Å². The number of allylic oxidation sites excluding steroid dienone is 2. The number of hydrogen-bond acceptors (Lipinski definition) is 2. The van der Waals surface area contributed by atoms with Crippen LogP contribution < -0.4 is 0 Å². The Morgan fingerprint density at radius 2 is 1.57 bits per heavy atom. The van der Waals surface area contributed by atoms with E-state index < -0.39 is 11.9 Å². The maximum absolute atomic E-state index is 15.1. The van der Waals surface area contributed by atoms with Gasteiger partial charge in [0.25, 0.3) is 0 Å². The molecular formula is C20H17FO2. The van der Waals surface area contributed by atoms with Crippen LogP contribution in [0.1, 0.15) is 18.1 Å². The van der Waals surface area contributed by atoms with Gasteiger partial charge in [-0.2, -0.15) is 0 Å². The second kappa shape index (κ2) is 6.61. The first-order valence-electron chi connectivity index (χ1n) is 7.61. The maximum atomic E-state index is 15.1. The van der Waals surface area contributed by atoms with Gasteiger partial charge in [-0.3, -0.25) is 4.79 Å². The second-order valence-electron chi connectivity index (χ2n) is 5.27. The van der Waals surface area contributed by atoms with Gasteiger partial charge in [-0.25, -0.2) is 4.39 Å². The first-order chi connectivity index (χ1) is 11.2. The molecule has 23 heavy (non-hydrogen) atoms. The number of hydrogen-bond donors (Lipinski definition) is 0. The van der Waals surface area contributed by atoms with E-state index in [2.05, 4.69) is 0 Å². The van der Waals surface area contributed by atoms with Gasteiger partial charge in [0, 0.05) is 11.1 Å². The van der Waals surface area contributed by atoms with Crippen molar-refractivity contribution in [2.75, 3.05) is 6.61 Å². The van der Waals surface area contributed by atoms with Crippen LogP contribution in [0.2, 0.25) is 0 Å². The predicted octanol–water partition coefficient (Wildman–Crippen LogP) is 4.64. The van der Waals surface area contributed by atoms with Crippen LogP contribution in [-0.4, -0.2) is 12.6 Å². The lowest BCUT2D eigenvalue weighted by Gasteiger charge is -2.12. The molecule has 0 aromatic heterocycles. The van der Waals surface area contributed by atoms with Gasteiger partial charge in [0.1, 0.15) is 11.7 Å². The fraction of sp³-hybridized carbons (Fsp3) is 0.150. The van der Waals surface area contributed by atoms with Crippen LogP contribution in [-0.2, 0) is 9.53 Å². The summed E-state index contributed by atoms with van der Waals surface area (Å²) < 4.78 is 20.2. The Balaban J connectivity index is 2.10. The molecule has 3 heteroatoms. The summed E-state index contributed by atoms with van der Waals surface area (Å²) in [5.74, 6) is -1.50. The summed E-state index contributed by atoms with van der Waals surface area (Å²) in [7, 11) is 0. The summed E-state index contributed by atoms with van der Waals surface area (Å²) >= 11 is 0. The summed E-state index contributed by atoms with van der Waals surface area (Å²) in [6.07, 6.45) is 1.66. The Morgan fingerprint density at radius 3 is 2.13 bits per heavy atom. The van der Waals surface area contributed by atoms with Crippen LogP contribution >= 0.6 is 0 Å². The van der Waals surface area contributed by atoms with Crippen molar-refractivity contribution in [1.82, 2.24) is 0 Å². The number of esters is 1. The zero-order chi connectivity index (χ0) is 16.2. The van der Waals surface area contributed by atoms with Gasteiger partial charge >= 0.3 is 5.97 Å². The summed E-state index contributed by atoms with van der Waals surface area (Å²) in [5.41, 5.74) is 2.28. The van der Waals surface area contributed by atoms with Gasteiger partial charge in [-0.15, -0.1) is 0 Å². The molecule has 2 aromatic carbocycles. The molecule has 0 N–H and O–H groups in total. The average Bonchev–Trinajstić information content (AvgIpc) is 2.94. The van der Waals surface area contributed by atoms with Crippen molar-refractivity contribution in [3.05, 3.63) is 83.7 Å². The van der Waals surface area contributed by atoms with Crippen LogP contribution in [0.15, 0.2) is 72.6 Å². The maximum Gasteiger partial charge on any atom is 0.317 e. The first-order valence-corrected chi connectivity index (χ1v) is 7.61. The molecule has 2 nitrogen and oxygen atoms in total. The number of rotatable bonds is 4. The monoisotopic (exact) mass is 308 g/mol. The van der Waals surface area contributed by atoms with Gasteiger partial charge in [-0.05, 0) is 18.1 Å².